The molecule has 1 saturated carbocycles. The molecule has 0 aromatic heterocycles. The second-order valence-corrected chi connectivity index (χ2v) is 3.68. The Balaban J connectivity index is 2.09. The first kappa shape index (κ1) is 8.91. The summed E-state index contributed by atoms with van der Waals surface area (Å²) in [5, 5.41) is 10.3. The Morgan fingerprint density at radius 3 is 2.55 bits per heavy atom. The highest BCUT2D eigenvalue weighted by Gasteiger charge is 2.12. The van der Waals surface area contributed by atoms with Crippen molar-refractivity contribution in [3.63, 3.8) is 0 Å². The third kappa shape index (κ3) is 3.65. The van der Waals surface area contributed by atoms with E-state index in [9.17, 15) is 0 Å². The van der Waals surface area contributed by atoms with Crippen molar-refractivity contribution in [3.8, 4) is 0 Å². The van der Waals surface area contributed by atoms with Gasteiger partial charge >= 0.3 is 0 Å². The van der Waals surface area contributed by atoms with Crippen molar-refractivity contribution in [3.05, 3.63) is 0 Å². The summed E-state index contributed by atoms with van der Waals surface area (Å²) in [6, 6.07) is 0. The van der Waals surface area contributed by atoms with Crippen molar-refractivity contribution in [2.75, 3.05) is 6.54 Å². The van der Waals surface area contributed by atoms with E-state index < -0.39 is 0 Å². The molecular formula is C8H16N2S. The third-order valence-electron chi connectivity index (χ3n) is 2.28. The molecule has 0 heterocycles. The molecule has 2 nitrogen and oxygen atoms in total. The van der Waals surface area contributed by atoms with Gasteiger partial charge in [0, 0.05) is 6.54 Å². The van der Waals surface area contributed by atoms with E-state index >= 15 is 0 Å². The molecule has 0 amide bonds. The zero-order chi connectivity index (χ0) is 8.10. The Kier molecular flexibility index (Phi) is 3.77. The number of thiol groups is 1. The molecular weight excluding hydrogens is 156 g/mol. The Morgan fingerprint density at radius 2 is 2.00 bits per heavy atom. The number of hydrogen-bond acceptors (Lipinski definition) is 1. The Hall–Kier alpha value is -0.180. The van der Waals surface area contributed by atoms with Gasteiger partial charge in [-0.2, -0.15) is 0 Å². The van der Waals surface area contributed by atoms with E-state index in [1.54, 1.807) is 0 Å². The molecule has 1 aliphatic rings. The van der Waals surface area contributed by atoms with E-state index in [4.69, 9.17) is 5.41 Å². The lowest BCUT2D eigenvalue weighted by atomic mass is 9.89. The van der Waals surface area contributed by atoms with Gasteiger partial charge in [-0.05, 0) is 18.8 Å². The molecule has 0 aromatic rings. The van der Waals surface area contributed by atoms with Crippen molar-refractivity contribution in [1.29, 1.82) is 5.41 Å². The summed E-state index contributed by atoms with van der Waals surface area (Å²) in [6.45, 7) is 0.947. The molecule has 1 rings (SSSR count). The molecule has 64 valence electrons. The van der Waals surface area contributed by atoms with E-state index in [-0.39, 0.29) is 0 Å². The maximum absolute atomic E-state index is 7.07. The molecule has 0 bridgehead atoms. The van der Waals surface area contributed by atoms with Crippen molar-refractivity contribution in [1.82, 2.24) is 5.32 Å². The molecule has 1 aliphatic carbocycles. The summed E-state index contributed by atoms with van der Waals surface area (Å²) >= 11 is 3.87. The highest BCUT2D eigenvalue weighted by Crippen LogP contribution is 2.22. The maximum atomic E-state index is 7.07. The lowest BCUT2D eigenvalue weighted by Gasteiger charge is -2.21. The normalized spacial score (nSPS) is 19.7. The van der Waals surface area contributed by atoms with Crippen molar-refractivity contribution >= 4 is 17.8 Å². The molecule has 0 unspecified atom stereocenters. The van der Waals surface area contributed by atoms with Gasteiger partial charge in [0.25, 0.3) is 0 Å². The summed E-state index contributed by atoms with van der Waals surface area (Å²) in [7, 11) is 0. The number of amidine groups is 1. The van der Waals surface area contributed by atoms with Gasteiger partial charge in [0.2, 0.25) is 0 Å². The molecule has 11 heavy (non-hydrogen) atoms. The number of nitrogens with one attached hydrogen (secondary N) is 2. The second-order valence-electron chi connectivity index (χ2n) is 3.23. The van der Waals surface area contributed by atoms with Crippen LogP contribution in [0.5, 0.6) is 0 Å². The zero-order valence-electron chi connectivity index (χ0n) is 6.77. The van der Waals surface area contributed by atoms with Gasteiger partial charge in [-0.3, -0.25) is 5.41 Å². The molecule has 0 spiro atoms. The lowest BCUT2D eigenvalue weighted by molar-refractivity contribution is 0.357. The van der Waals surface area contributed by atoms with Crippen LogP contribution in [0.25, 0.3) is 0 Å². The summed E-state index contributed by atoms with van der Waals surface area (Å²) in [4.78, 5) is 0. The first-order valence-electron chi connectivity index (χ1n) is 4.30. The minimum atomic E-state index is 0.301. The second kappa shape index (κ2) is 4.65. The maximum Gasteiger partial charge on any atom is 0.150 e. The highest BCUT2D eigenvalue weighted by atomic mass is 32.1. The average Bonchev–Trinajstić information content (AvgIpc) is 2.03. The number of hydrogen-bond donors (Lipinski definition) is 3. The first-order valence-corrected chi connectivity index (χ1v) is 4.75. The summed E-state index contributed by atoms with van der Waals surface area (Å²) in [5.41, 5.74) is 0. The predicted octanol–water partition coefficient (Wildman–Crippen LogP) is 2.02. The van der Waals surface area contributed by atoms with E-state index in [0.29, 0.717) is 5.17 Å². The predicted molar refractivity (Wildman–Crippen MR) is 51.3 cm³/mol. The fourth-order valence-corrected chi connectivity index (χ4v) is 1.72. The van der Waals surface area contributed by atoms with Crippen LogP contribution in [0, 0.1) is 11.3 Å². The lowest BCUT2D eigenvalue weighted by Crippen LogP contribution is -2.26. The van der Waals surface area contributed by atoms with Gasteiger partial charge < -0.3 is 5.32 Å². The zero-order valence-corrected chi connectivity index (χ0v) is 7.66. The molecule has 0 aliphatic heterocycles. The minimum Gasteiger partial charge on any atom is -0.365 e. The molecule has 2 N–H and O–H groups in total. The fourth-order valence-electron chi connectivity index (χ4n) is 1.63. The van der Waals surface area contributed by atoms with Crippen LogP contribution in [0.2, 0.25) is 0 Å². The van der Waals surface area contributed by atoms with Crippen LogP contribution < -0.4 is 5.32 Å². The standard InChI is InChI=1S/C8H16N2S/c9-8(11)10-6-7-4-2-1-3-5-7/h7H,1-6H2,(H3,9,10,11). The monoisotopic (exact) mass is 172 g/mol. The van der Waals surface area contributed by atoms with Crippen LogP contribution in [0.15, 0.2) is 0 Å². The van der Waals surface area contributed by atoms with Gasteiger partial charge in [-0.15, -0.1) is 12.6 Å². The van der Waals surface area contributed by atoms with Gasteiger partial charge in [0.15, 0.2) is 5.17 Å². The van der Waals surface area contributed by atoms with Crippen LogP contribution in [-0.4, -0.2) is 11.7 Å². The van der Waals surface area contributed by atoms with Crippen molar-refractivity contribution in [2.24, 2.45) is 5.92 Å². The van der Waals surface area contributed by atoms with Gasteiger partial charge in [0.05, 0.1) is 0 Å². The van der Waals surface area contributed by atoms with E-state index in [1.807, 2.05) is 0 Å². The van der Waals surface area contributed by atoms with Crippen LogP contribution in [0.4, 0.5) is 0 Å². The van der Waals surface area contributed by atoms with Crippen LogP contribution in [0.3, 0.4) is 0 Å². The fraction of sp³-hybridized carbons (Fsp3) is 0.875. The van der Waals surface area contributed by atoms with E-state index in [1.165, 1.54) is 32.1 Å². The summed E-state index contributed by atoms with van der Waals surface area (Å²) in [6.07, 6.45) is 6.79. The van der Waals surface area contributed by atoms with Crippen molar-refractivity contribution in [2.45, 2.75) is 32.1 Å². The van der Waals surface area contributed by atoms with E-state index in [0.717, 1.165) is 12.5 Å². The molecule has 0 atom stereocenters. The van der Waals surface area contributed by atoms with Crippen molar-refractivity contribution < 1.29 is 0 Å². The molecule has 1 fully saturated rings. The molecule has 0 aromatic carbocycles. The van der Waals surface area contributed by atoms with Gasteiger partial charge in [-0.1, -0.05) is 19.3 Å². The van der Waals surface area contributed by atoms with Crippen LogP contribution in [0.1, 0.15) is 32.1 Å². The SMILES string of the molecule is N=C(S)NCC1CCCCC1. The van der Waals surface area contributed by atoms with Gasteiger partial charge in [0.1, 0.15) is 0 Å². The highest BCUT2D eigenvalue weighted by molar-refractivity contribution is 7.96. The Labute approximate surface area is 73.7 Å². The minimum absolute atomic E-state index is 0.301. The first-order chi connectivity index (χ1) is 5.29. The van der Waals surface area contributed by atoms with E-state index in [2.05, 4.69) is 17.9 Å². The molecule has 3 heteroatoms. The number of rotatable bonds is 2. The Morgan fingerprint density at radius 1 is 1.36 bits per heavy atom. The van der Waals surface area contributed by atoms with Crippen LogP contribution in [-0.2, 0) is 0 Å². The third-order valence-corrected chi connectivity index (χ3v) is 2.44. The smallest absolute Gasteiger partial charge is 0.150 e. The Bertz CT molecular complexity index is 130. The topological polar surface area (TPSA) is 35.9 Å². The summed E-state index contributed by atoms with van der Waals surface area (Å²) < 4.78 is 0. The van der Waals surface area contributed by atoms with Gasteiger partial charge in [-0.25, -0.2) is 0 Å². The molecule has 0 saturated heterocycles. The average molecular weight is 172 g/mol. The molecule has 0 radical (unpaired) electrons. The van der Waals surface area contributed by atoms with Crippen LogP contribution >= 0.6 is 12.6 Å². The largest absolute Gasteiger partial charge is 0.365 e. The summed E-state index contributed by atoms with van der Waals surface area (Å²) in [5.74, 6) is 0.788. The quantitative estimate of drug-likeness (QED) is 0.332.